The minimum Gasteiger partial charge on any atom is -0.159 e. The predicted octanol–water partition coefficient (Wildman–Crippen LogP) is 6.93. The molecule has 0 aromatic heterocycles. The first kappa shape index (κ1) is 18.4. The van der Waals surface area contributed by atoms with Crippen LogP contribution in [0.5, 0.6) is 0 Å². The SMILES string of the molecule is CC(C)[C@H](C)[C@H](C)CCSC1CCCCCCCCC1. The van der Waals surface area contributed by atoms with E-state index in [2.05, 4.69) is 39.5 Å². The highest BCUT2D eigenvalue weighted by molar-refractivity contribution is 7.99. The molecule has 0 nitrogen and oxygen atoms in total. The molecule has 1 aliphatic carbocycles. The summed E-state index contributed by atoms with van der Waals surface area (Å²) in [7, 11) is 0. The molecule has 1 heteroatoms. The van der Waals surface area contributed by atoms with Gasteiger partial charge in [0.1, 0.15) is 0 Å². The average molecular weight is 299 g/mol. The molecule has 20 heavy (non-hydrogen) atoms. The van der Waals surface area contributed by atoms with Gasteiger partial charge >= 0.3 is 0 Å². The third-order valence-electron chi connectivity index (χ3n) is 5.43. The van der Waals surface area contributed by atoms with Gasteiger partial charge in [-0.3, -0.25) is 0 Å². The second-order valence-corrected chi connectivity index (χ2v) is 8.82. The zero-order valence-corrected chi connectivity index (χ0v) is 15.3. The van der Waals surface area contributed by atoms with Crippen LogP contribution in [-0.4, -0.2) is 11.0 Å². The molecule has 0 bridgehead atoms. The standard InChI is InChI=1S/C19H38S/c1-16(2)18(4)17(3)14-15-20-19-12-10-8-6-5-7-9-11-13-19/h16-19H,5-15H2,1-4H3/t17-,18+/m1/s1. The molecular formula is C19H38S. The summed E-state index contributed by atoms with van der Waals surface area (Å²) in [5, 5.41) is 0.967. The lowest BCUT2D eigenvalue weighted by Crippen LogP contribution is -2.15. The van der Waals surface area contributed by atoms with Gasteiger partial charge in [0.2, 0.25) is 0 Å². The summed E-state index contributed by atoms with van der Waals surface area (Å²) >= 11 is 2.29. The van der Waals surface area contributed by atoms with Gasteiger partial charge < -0.3 is 0 Å². The van der Waals surface area contributed by atoms with Crippen LogP contribution in [-0.2, 0) is 0 Å². The van der Waals surface area contributed by atoms with E-state index in [4.69, 9.17) is 0 Å². The van der Waals surface area contributed by atoms with Gasteiger partial charge in [0.15, 0.2) is 0 Å². The van der Waals surface area contributed by atoms with Crippen LogP contribution >= 0.6 is 11.8 Å². The molecule has 1 aliphatic rings. The first-order chi connectivity index (χ1) is 9.61. The van der Waals surface area contributed by atoms with Crippen LogP contribution in [0.1, 0.15) is 91.9 Å². The molecule has 0 unspecified atom stereocenters. The molecule has 0 aromatic carbocycles. The van der Waals surface area contributed by atoms with Crippen LogP contribution < -0.4 is 0 Å². The second-order valence-electron chi connectivity index (χ2n) is 7.41. The molecule has 120 valence electrons. The third kappa shape index (κ3) is 7.96. The van der Waals surface area contributed by atoms with E-state index in [0.29, 0.717) is 0 Å². The summed E-state index contributed by atoms with van der Waals surface area (Å²) in [5.41, 5.74) is 0. The van der Waals surface area contributed by atoms with E-state index < -0.39 is 0 Å². The van der Waals surface area contributed by atoms with Crippen LogP contribution in [0.2, 0.25) is 0 Å². The Balaban J connectivity index is 2.20. The second kappa shape index (κ2) is 11.0. The van der Waals surface area contributed by atoms with Crippen molar-refractivity contribution >= 4 is 11.8 Å². The molecule has 0 aromatic rings. The van der Waals surface area contributed by atoms with Crippen LogP contribution in [0.3, 0.4) is 0 Å². The van der Waals surface area contributed by atoms with E-state index in [9.17, 15) is 0 Å². The highest BCUT2D eigenvalue weighted by atomic mass is 32.2. The minimum atomic E-state index is 0.837. The van der Waals surface area contributed by atoms with E-state index in [1.807, 2.05) is 0 Å². The molecule has 2 atom stereocenters. The van der Waals surface area contributed by atoms with E-state index >= 15 is 0 Å². The molecule has 0 spiro atoms. The number of thioether (sulfide) groups is 1. The first-order valence-corrected chi connectivity index (χ1v) is 10.3. The van der Waals surface area contributed by atoms with Gasteiger partial charge in [-0.15, -0.1) is 0 Å². The Morgan fingerprint density at radius 3 is 1.80 bits per heavy atom. The molecule has 0 amide bonds. The summed E-state index contributed by atoms with van der Waals surface area (Å²) in [5.74, 6) is 3.99. The Morgan fingerprint density at radius 2 is 1.30 bits per heavy atom. The fraction of sp³-hybridized carbons (Fsp3) is 1.00. The van der Waals surface area contributed by atoms with Gasteiger partial charge in [-0.1, -0.05) is 72.6 Å². The summed E-state index contributed by atoms with van der Waals surface area (Å²) in [6.45, 7) is 9.63. The van der Waals surface area contributed by atoms with Crippen molar-refractivity contribution in [3.63, 3.8) is 0 Å². The largest absolute Gasteiger partial charge is 0.159 e. The van der Waals surface area contributed by atoms with Crippen molar-refractivity contribution in [3.05, 3.63) is 0 Å². The fourth-order valence-corrected chi connectivity index (χ4v) is 4.79. The predicted molar refractivity (Wildman–Crippen MR) is 95.6 cm³/mol. The highest BCUT2D eigenvalue weighted by Crippen LogP contribution is 2.29. The average Bonchev–Trinajstić information content (AvgIpc) is 2.44. The number of hydrogen-bond acceptors (Lipinski definition) is 1. The highest BCUT2D eigenvalue weighted by Gasteiger charge is 2.17. The lowest BCUT2D eigenvalue weighted by molar-refractivity contribution is 0.291. The molecule has 1 saturated carbocycles. The van der Waals surface area contributed by atoms with Crippen molar-refractivity contribution in [2.24, 2.45) is 17.8 Å². The maximum Gasteiger partial charge on any atom is 0.00470 e. The summed E-state index contributed by atoms with van der Waals surface area (Å²) in [6.07, 6.45) is 14.8. The van der Waals surface area contributed by atoms with Gasteiger partial charge in [0.25, 0.3) is 0 Å². The van der Waals surface area contributed by atoms with E-state index in [1.165, 1.54) is 70.0 Å². The molecule has 0 radical (unpaired) electrons. The van der Waals surface area contributed by atoms with Crippen molar-refractivity contribution in [3.8, 4) is 0 Å². The van der Waals surface area contributed by atoms with E-state index in [-0.39, 0.29) is 0 Å². The Hall–Kier alpha value is 0.350. The topological polar surface area (TPSA) is 0 Å². The normalized spacial score (nSPS) is 22.6. The summed E-state index contributed by atoms with van der Waals surface area (Å²) < 4.78 is 0. The Morgan fingerprint density at radius 1 is 0.800 bits per heavy atom. The van der Waals surface area contributed by atoms with Gasteiger partial charge in [-0.2, -0.15) is 11.8 Å². The third-order valence-corrected chi connectivity index (χ3v) is 6.84. The van der Waals surface area contributed by atoms with Crippen LogP contribution in [0, 0.1) is 17.8 Å². The van der Waals surface area contributed by atoms with Gasteiger partial charge in [0.05, 0.1) is 0 Å². The maximum atomic E-state index is 2.46. The van der Waals surface area contributed by atoms with E-state index in [0.717, 1.165) is 23.0 Å². The first-order valence-electron chi connectivity index (χ1n) is 9.23. The molecule has 0 saturated heterocycles. The Bertz CT molecular complexity index is 214. The Labute approximate surface area is 132 Å². The van der Waals surface area contributed by atoms with Crippen molar-refractivity contribution in [1.82, 2.24) is 0 Å². The minimum absolute atomic E-state index is 0.837. The van der Waals surface area contributed by atoms with Gasteiger partial charge in [-0.05, 0) is 42.8 Å². The lowest BCUT2D eigenvalue weighted by atomic mass is 9.85. The summed E-state index contributed by atoms with van der Waals surface area (Å²) in [4.78, 5) is 0. The van der Waals surface area contributed by atoms with Crippen molar-refractivity contribution < 1.29 is 0 Å². The lowest BCUT2D eigenvalue weighted by Gasteiger charge is -2.24. The van der Waals surface area contributed by atoms with E-state index in [1.54, 1.807) is 0 Å². The van der Waals surface area contributed by atoms with Crippen molar-refractivity contribution in [2.45, 2.75) is 97.2 Å². The van der Waals surface area contributed by atoms with Crippen molar-refractivity contribution in [2.75, 3.05) is 5.75 Å². The summed E-state index contributed by atoms with van der Waals surface area (Å²) in [6, 6.07) is 0. The van der Waals surface area contributed by atoms with Gasteiger partial charge in [-0.25, -0.2) is 0 Å². The molecular weight excluding hydrogens is 260 g/mol. The number of hydrogen-bond donors (Lipinski definition) is 0. The fourth-order valence-electron chi connectivity index (χ4n) is 3.28. The smallest absolute Gasteiger partial charge is 0.00470 e. The monoisotopic (exact) mass is 298 g/mol. The van der Waals surface area contributed by atoms with Crippen LogP contribution in [0.25, 0.3) is 0 Å². The zero-order valence-electron chi connectivity index (χ0n) is 14.5. The molecule has 0 N–H and O–H groups in total. The quantitative estimate of drug-likeness (QED) is 0.512. The molecule has 1 rings (SSSR count). The Kier molecular flexibility index (Phi) is 10.1. The molecule has 0 aliphatic heterocycles. The molecule has 0 heterocycles. The van der Waals surface area contributed by atoms with Crippen molar-refractivity contribution in [1.29, 1.82) is 0 Å². The number of rotatable bonds is 6. The van der Waals surface area contributed by atoms with Crippen LogP contribution in [0.15, 0.2) is 0 Å². The van der Waals surface area contributed by atoms with Crippen LogP contribution in [0.4, 0.5) is 0 Å². The van der Waals surface area contributed by atoms with Gasteiger partial charge in [0, 0.05) is 5.25 Å². The molecule has 1 fully saturated rings. The maximum absolute atomic E-state index is 2.46. The zero-order chi connectivity index (χ0) is 14.8.